The second-order valence-electron chi connectivity index (χ2n) is 6.97. The van der Waals surface area contributed by atoms with Crippen molar-refractivity contribution in [2.45, 2.75) is 20.5 Å². The SMILES string of the molecule is Cc1ccc(C)c(N(CC(=O)NCCOCc2ccccc2)S(=O)(=O)N(C)C)c1. The highest BCUT2D eigenvalue weighted by Gasteiger charge is 2.28. The molecule has 0 saturated carbocycles. The van der Waals surface area contributed by atoms with Crippen LogP contribution in [-0.4, -0.2) is 52.4 Å². The summed E-state index contributed by atoms with van der Waals surface area (Å²) in [4.78, 5) is 12.4. The number of hydrogen-bond donors (Lipinski definition) is 1. The summed E-state index contributed by atoms with van der Waals surface area (Å²) in [6.07, 6.45) is 0. The van der Waals surface area contributed by atoms with Crippen molar-refractivity contribution in [3.63, 3.8) is 0 Å². The van der Waals surface area contributed by atoms with Crippen LogP contribution in [0.25, 0.3) is 0 Å². The number of ether oxygens (including phenoxy) is 1. The molecule has 0 bridgehead atoms. The van der Waals surface area contributed by atoms with Gasteiger partial charge < -0.3 is 10.1 Å². The summed E-state index contributed by atoms with van der Waals surface area (Å²) in [6, 6.07) is 15.3. The molecule has 0 unspecified atom stereocenters. The molecule has 0 aliphatic heterocycles. The molecule has 8 heteroatoms. The van der Waals surface area contributed by atoms with E-state index in [2.05, 4.69) is 5.32 Å². The van der Waals surface area contributed by atoms with Crippen LogP contribution in [-0.2, 0) is 26.3 Å². The lowest BCUT2D eigenvalue weighted by Gasteiger charge is -2.28. The Labute approximate surface area is 173 Å². The van der Waals surface area contributed by atoms with Crippen molar-refractivity contribution in [1.82, 2.24) is 9.62 Å². The Bertz CT molecular complexity index is 915. The van der Waals surface area contributed by atoms with Crippen molar-refractivity contribution < 1.29 is 17.9 Å². The first-order chi connectivity index (χ1) is 13.7. The molecule has 0 heterocycles. The monoisotopic (exact) mass is 419 g/mol. The zero-order valence-electron chi connectivity index (χ0n) is 17.4. The lowest BCUT2D eigenvalue weighted by Crippen LogP contribution is -2.46. The van der Waals surface area contributed by atoms with Gasteiger partial charge in [0.25, 0.3) is 0 Å². The quantitative estimate of drug-likeness (QED) is 0.599. The molecule has 158 valence electrons. The predicted octanol–water partition coefficient (Wildman–Crippen LogP) is 2.25. The average molecular weight is 420 g/mol. The molecule has 0 atom stereocenters. The fraction of sp³-hybridized carbons (Fsp3) is 0.381. The van der Waals surface area contributed by atoms with E-state index >= 15 is 0 Å². The minimum atomic E-state index is -3.82. The molecule has 1 amide bonds. The first-order valence-corrected chi connectivity index (χ1v) is 10.8. The van der Waals surface area contributed by atoms with E-state index in [9.17, 15) is 13.2 Å². The smallest absolute Gasteiger partial charge is 0.304 e. The van der Waals surface area contributed by atoms with Crippen molar-refractivity contribution in [1.29, 1.82) is 0 Å². The maximum Gasteiger partial charge on any atom is 0.304 e. The molecule has 0 aliphatic carbocycles. The van der Waals surface area contributed by atoms with Crippen LogP contribution in [0.5, 0.6) is 0 Å². The highest BCUT2D eigenvalue weighted by Crippen LogP contribution is 2.25. The van der Waals surface area contributed by atoms with Crippen LogP contribution in [0.3, 0.4) is 0 Å². The maximum absolute atomic E-state index is 12.8. The molecule has 7 nitrogen and oxygen atoms in total. The second kappa shape index (κ2) is 10.4. The van der Waals surface area contributed by atoms with Crippen LogP contribution >= 0.6 is 0 Å². The van der Waals surface area contributed by atoms with Crippen LogP contribution in [0, 0.1) is 13.8 Å². The van der Waals surface area contributed by atoms with E-state index in [-0.39, 0.29) is 12.5 Å². The van der Waals surface area contributed by atoms with Gasteiger partial charge in [-0.2, -0.15) is 12.7 Å². The Morgan fingerprint density at radius 2 is 1.76 bits per heavy atom. The van der Waals surface area contributed by atoms with Crippen molar-refractivity contribution in [2.75, 3.05) is 38.1 Å². The predicted molar refractivity (Wildman–Crippen MR) is 115 cm³/mol. The molecule has 0 aliphatic rings. The molecule has 1 N–H and O–H groups in total. The Kier molecular flexibility index (Phi) is 8.19. The van der Waals surface area contributed by atoms with E-state index in [1.54, 1.807) is 6.07 Å². The Balaban J connectivity index is 1.98. The number of rotatable bonds is 10. The summed E-state index contributed by atoms with van der Waals surface area (Å²) in [6.45, 7) is 4.50. The first-order valence-electron chi connectivity index (χ1n) is 9.37. The summed E-state index contributed by atoms with van der Waals surface area (Å²) >= 11 is 0. The Morgan fingerprint density at radius 3 is 2.41 bits per heavy atom. The van der Waals surface area contributed by atoms with Crippen LogP contribution in [0.1, 0.15) is 16.7 Å². The largest absolute Gasteiger partial charge is 0.375 e. The van der Waals surface area contributed by atoms with Gasteiger partial charge in [0.2, 0.25) is 5.91 Å². The molecule has 2 aromatic rings. The lowest BCUT2D eigenvalue weighted by molar-refractivity contribution is -0.119. The van der Waals surface area contributed by atoms with Crippen LogP contribution in [0.2, 0.25) is 0 Å². The Hall–Kier alpha value is -2.42. The van der Waals surface area contributed by atoms with Gasteiger partial charge in [-0.05, 0) is 36.6 Å². The number of benzene rings is 2. The summed E-state index contributed by atoms with van der Waals surface area (Å²) in [5.41, 5.74) is 3.24. The van der Waals surface area contributed by atoms with Gasteiger partial charge in [-0.3, -0.25) is 4.79 Å². The van der Waals surface area contributed by atoms with E-state index in [0.717, 1.165) is 25.3 Å². The number of nitrogens with zero attached hydrogens (tertiary/aromatic N) is 2. The molecule has 0 fully saturated rings. The third kappa shape index (κ3) is 6.56. The van der Waals surface area contributed by atoms with Crippen molar-refractivity contribution in [3.05, 3.63) is 65.2 Å². The third-order valence-corrected chi connectivity index (χ3v) is 6.15. The fourth-order valence-electron chi connectivity index (χ4n) is 2.69. The fourth-order valence-corrected chi connectivity index (χ4v) is 3.81. The topological polar surface area (TPSA) is 79.0 Å². The number of amides is 1. The average Bonchev–Trinajstić information content (AvgIpc) is 2.68. The minimum Gasteiger partial charge on any atom is -0.375 e. The van der Waals surface area contributed by atoms with E-state index in [4.69, 9.17) is 4.74 Å². The highest BCUT2D eigenvalue weighted by atomic mass is 32.2. The Morgan fingerprint density at radius 1 is 1.07 bits per heavy atom. The number of anilines is 1. The van der Waals surface area contributed by atoms with Gasteiger partial charge in [0.1, 0.15) is 6.54 Å². The van der Waals surface area contributed by atoms with Crippen LogP contribution < -0.4 is 9.62 Å². The van der Waals surface area contributed by atoms with E-state index in [0.29, 0.717) is 25.4 Å². The molecule has 0 saturated heterocycles. The molecule has 0 spiro atoms. The number of aryl methyl sites for hydroxylation is 2. The molecule has 29 heavy (non-hydrogen) atoms. The van der Waals surface area contributed by atoms with Gasteiger partial charge in [-0.1, -0.05) is 42.5 Å². The van der Waals surface area contributed by atoms with Crippen molar-refractivity contribution in [3.8, 4) is 0 Å². The zero-order chi connectivity index (χ0) is 21.4. The first kappa shape index (κ1) is 22.9. The number of hydrogen-bond acceptors (Lipinski definition) is 4. The van der Waals surface area contributed by atoms with Gasteiger partial charge in [0, 0.05) is 20.6 Å². The van der Waals surface area contributed by atoms with Gasteiger partial charge in [0.05, 0.1) is 18.9 Å². The maximum atomic E-state index is 12.8. The molecular weight excluding hydrogens is 390 g/mol. The van der Waals surface area contributed by atoms with Crippen LogP contribution in [0.4, 0.5) is 5.69 Å². The number of carbonyl (C=O) groups is 1. The van der Waals surface area contributed by atoms with E-state index < -0.39 is 10.2 Å². The standard InChI is InChI=1S/C21H29N3O4S/c1-17-10-11-18(2)20(14-17)24(29(26,27)23(3)4)15-21(25)22-12-13-28-16-19-8-6-5-7-9-19/h5-11,14H,12-13,15-16H2,1-4H3,(H,22,25). The van der Waals surface area contributed by atoms with Gasteiger partial charge in [-0.25, -0.2) is 4.31 Å². The molecule has 0 aromatic heterocycles. The normalized spacial score (nSPS) is 11.5. The van der Waals surface area contributed by atoms with Crippen LogP contribution in [0.15, 0.2) is 48.5 Å². The molecular formula is C21H29N3O4S. The van der Waals surface area contributed by atoms with Gasteiger partial charge >= 0.3 is 10.2 Å². The second-order valence-corrected chi connectivity index (χ2v) is 9.04. The summed E-state index contributed by atoms with van der Waals surface area (Å²) < 4.78 is 33.4. The number of nitrogens with one attached hydrogen (secondary N) is 1. The molecule has 2 aromatic carbocycles. The van der Waals surface area contributed by atoms with Gasteiger partial charge in [-0.15, -0.1) is 0 Å². The highest BCUT2D eigenvalue weighted by molar-refractivity contribution is 7.90. The van der Waals surface area contributed by atoms with Crippen molar-refractivity contribution >= 4 is 21.8 Å². The zero-order valence-corrected chi connectivity index (χ0v) is 18.2. The minimum absolute atomic E-state index is 0.300. The molecule has 0 radical (unpaired) electrons. The molecule has 2 rings (SSSR count). The third-order valence-electron chi connectivity index (χ3n) is 4.34. The van der Waals surface area contributed by atoms with Gasteiger partial charge in [0.15, 0.2) is 0 Å². The van der Waals surface area contributed by atoms with E-state index in [1.165, 1.54) is 14.1 Å². The summed E-state index contributed by atoms with van der Waals surface area (Å²) in [5, 5.41) is 2.73. The van der Waals surface area contributed by atoms with E-state index in [1.807, 2.05) is 56.3 Å². The lowest BCUT2D eigenvalue weighted by atomic mass is 10.1. The summed E-state index contributed by atoms with van der Waals surface area (Å²) in [5.74, 6) is -0.389. The summed E-state index contributed by atoms with van der Waals surface area (Å²) in [7, 11) is -0.929. The number of carbonyl (C=O) groups excluding carboxylic acids is 1. The van der Waals surface area contributed by atoms with Crippen molar-refractivity contribution in [2.24, 2.45) is 0 Å².